The number of anilines is 1. The molecule has 0 saturated carbocycles. The molecule has 0 saturated heterocycles. The van der Waals surface area contributed by atoms with Crippen LogP contribution >= 0.6 is 0 Å². The van der Waals surface area contributed by atoms with Gasteiger partial charge in [0.15, 0.2) is 0 Å². The highest BCUT2D eigenvalue weighted by molar-refractivity contribution is 5.81. The molecule has 19 heavy (non-hydrogen) atoms. The van der Waals surface area contributed by atoms with Crippen LogP contribution in [0.3, 0.4) is 0 Å². The Hall–Kier alpha value is -2.36. The third-order valence-electron chi connectivity index (χ3n) is 3.25. The van der Waals surface area contributed by atoms with E-state index in [4.69, 9.17) is 5.73 Å². The molecular weight excluding hydrogens is 241 g/mol. The van der Waals surface area contributed by atoms with Gasteiger partial charge in [0.05, 0.1) is 11.0 Å². The van der Waals surface area contributed by atoms with E-state index in [9.17, 15) is 4.39 Å². The molecular formula is C15H14FN3. The number of hydrogen-bond donors (Lipinski definition) is 1. The quantitative estimate of drug-likeness (QED) is 0.724. The molecule has 0 spiro atoms. The molecule has 3 nitrogen and oxygen atoms in total. The first-order valence-corrected chi connectivity index (χ1v) is 6.07. The van der Waals surface area contributed by atoms with E-state index in [-0.39, 0.29) is 5.82 Å². The Bertz CT molecular complexity index is 757. The third-order valence-corrected chi connectivity index (χ3v) is 3.25. The summed E-state index contributed by atoms with van der Waals surface area (Å²) >= 11 is 0. The van der Waals surface area contributed by atoms with Gasteiger partial charge in [-0.3, -0.25) is 4.57 Å². The maximum atomic E-state index is 13.6. The molecule has 0 aliphatic heterocycles. The highest BCUT2D eigenvalue weighted by Crippen LogP contribution is 2.25. The summed E-state index contributed by atoms with van der Waals surface area (Å²) < 4.78 is 15.4. The van der Waals surface area contributed by atoms with Crippen LogP contribution in [0.4, 0.5) is 10.3 Å². The number of benzene rings is 2. The van der Waals surface area contributed by atoms with Gasteiger partial charge in [0.25, 0.3) is 0 Å². The average Bonchev–Trinajstić information content (AvgIpc) is 2.67. The topological polar surface area (TPSA) is 43.8 Å². The van der Waals surface area contributed by atoms with E-state index >= 15 is 0 Å². The van der Waals surface area contributed by atoms with Crippen molar-refractivity contribution < 1.29 is 4.39 Å². The molecule has 0 radical (unpaired) electrons. The van der Waals surface area contributed by atoms with Gasteiger partial charge in [0.2, 0.25) is 5.95 Å². The van der Waals surface area contributed by atoms with E-state index in [0.717, 1.165) is 11.2 Å². The van der Waals surface area contributed by atoms with Gasteiger partial charge in [-0.15, -0.1) is 0 Å². The minimum absolute atomic E-state index is 0.263. The van der Waals surface area contributed by atoms with Gasteiger partial charge in [-0.05, 0) is 37.6 Å². The summed E-state index contributed by atoms with van der Waals surface area (Å²) in [5.74, 6) is 0.102. The molecule has 0 aliphatic carbocycles. The van der Waals surface area contributed by atoms with Gasteiger partial charge >= 0.3 is 0 Å². The minimum atomic E-state index is -0.263. The van der Waals surface area contributed by atoms with Crippen LogP contribution in [0.15, 0.2) is 36.4 Å². The van der Waals surface area contributed by atoms with Crippen LogP contribution in [0.2, 0.25) is 0 Å². The highest BCUT2D eigenvalue weighted by Gasteiger charge is 2.12. The van der Waals surface area contributed by atoms with Crippen molar-refractivity contribution in [2.24, 2.45) is 0 Å². The second-order valence-electron chi connectivity index (χ2n) is 4.73. The zero-order valence-corrected chi connectivity index (χ0v) is 10.8. The van der Waals surface area contributed by atoms with Crippen LogP contribution in [0.5, 0.6) is 0 Å². The first-order valence-electron chi connectivity index (χ1n) is 6.07. The fraction of sp³-hybridized carbons (Fsp3) is 0.133. The molecule has 1 heterocycles. The summed E-state index contributed by atoms with van der Waals surface area (Å²) in [5.41, 5.74) is 10.0. The smallest absolute Gasteiger partial charge is 0.205 e. The molecule has 0 bridgehead atoms. The molecule has 4 heteroatoms. The van der Waals surface area contributed by atoms with Crippen LogP contribution in [0, 0.1) is 19.7 Å². The Morgan fingerprint density at radius 2 is 1.79 bits per heavy atom. The van der Waals surface area contributed by atoms with Crippen LogP contribution in [0.25, 0.3) is 16.7 Å². The lowest BCUT2D eigenvalue weighted by atomic mass is 10.2. The second kappa shape index (κ2) is 4.09. The summed E-state index contributed by atoms with van der Waals surface area (Å²) in [6.45, 7) is 3.76. The van der Waals surface area contributed by atoms with Gasteiger partial charge < -0.3 is 5.73 Å². The van der Waals surface area contributed by atoms with Gasteiger partial charge in [-0.1, -0.05) is 17.7 Å². The maximum Gasteiger partial charge on any atom is 0.205 e. The molecule has 0 fully saturated rings. The lowest BCUT2D eigenvalue weighted by Crippen LogP contribution is -2.00. The predicted molar refractivity (Wildman–Crippen MR) is 74.9 cm³/mol. The van der Waals surface area contributed by atoms with Crippen molar-refractivity contribution >= 4 is 17.0 Å². The molecule has 1 aromatic heterocycles. The summed E-state index contributed by atoms with van der Waals surface area (Å²) in [6, 6.07) is 11.2. The zero-order valence-electron chi connectivity index (χ0n) is 10.8. The van der Waals surface area contributed by atoms with Gasteiger partial charge in [-0.25, -0.2) is 9.37 Å². The van der Waals surface area contributed by atoms with Crippen molar-refractivity contribution in [3.8, 4) is 5.69 Å². The SMILES string of the molecule is Cc1ccc(-n2c(N)nc3cc(F)c(C)cc32)cc1. The number of nitrogens with two attached hydrogens (primary N) is 1. The molecule has 96 valence electrons. The van der Waals surface area contributed by atoms with E-state index in [1.54, 1.807) is 13.0 Å². The number of fused-ring (bicyclic) bond motifs is 1. The Kier molecular flexibility index (Phi) is 2.52. The largest absolute Gasteiger partial charge is 0.369 e. The van der Waals surface area contributed by atoms with Crippen molar-refractivity contribution in [3.63, 3.8) is 0 Å². The molecule has 0 unspecified atom stereocenters. The van der Waals surface area contributed by atoms with E-state index in [2.05, 4.69) is 4.98 Å². The number of hydrogen-bond acceptors (Lipinski definition) is 2. The summed E-state index contributed by atoms with van der Waals surface area (Å²) in [4.78, 5) is 4.21. The maximum absolute atomic E-state index is 13.6. The van der Waals surface area contributed by atoms with Crippen molar-refractivity contribution in [1.82, 2.24) is 9.55 Å². The fourth-order valence-electron chi connectivity index (χ4n) is 2.19. The Morgan fingerprint density at radius 3 is 2.47 bits per heavy atom. The molecule has 0 atom stereocenters. The summed E-state index contributed by atoms with van der Waals surface area (Å²) in [5, 5.41) is 0. The lowest BCUT2D eigenvalue weighted by Gasteiger charge is -2.07. The normalized spacial score (nSPS) is 11.1. The Labute approximate surface area is 110 Å². The second-order valence-corrected chi connectivity index (χ2v) is 4.73. The van der Waals surface area contributed by atoms with Crippen LogP contribution in [0.1, 0.15) is 11.1 Å². The molecule has 0 aliphatic rings. The third kappa shape index (κ3) is 1.85. The monoisotopic (exact) mass is 255 g/mol. The van der Waals surface area contributed by atoms with Gasteiger partial charge in [0.1, 0.15) is 5.82 Å². The van der Waals surface area contributed by atoms with E-state index < -0.39 is 0 Å². The van der Waals surface area contributed by atoms with E-state index in [1.165, 1.54) is 11.6 Å². The first-order chi connectivity index (χ1) is 9.06. The van der Waals surface area contributed by atoms with Crippen molar-refractivity contribution in [2.45, 2.75) is 13.8 Å². The summed E-state index contributed by atoms with van der Waals surface area (Å²) in [6.07, 6.45) is 0. The first kappa shape index (κ1) is 11.7. The van der Waals surface area contributed by atoms with E-state index in [0.29, 0.717) is 17.0 Å². The number of rotatable bonds is 1. The standard InChI is InChI=1S/C15H14FN3/c1-9-3-5-11(6-4-9)19-14-7-10(2)12(16)8-13(14)18-15(19)17/h3-8H,1-2H3,(H2,17,18). The van der Waals surface area contributed by atoms with Gasteiger partial charge in [0, 0.05) is 11.8 Å². The average molecular weight is 255 g/mol. The van der Waals surface area contributed by atoms with E-state index in [1.807, 2.05) is 35.8 Å². The number of halogens is 1. The molecule has 3 aromatic rings. The van der Waals surface area contributed by atoms with Gasteiger partial charge in [-0.2, -0.15) is 0 Å². The number of nitrogen functional groups attached to an aromatic ring is 1. The molecule has 3 rings (SSSR count). The molecule has 0 amide bonds. The Balaban J connectivity index is 2.31. The van der Waals surface area contributed by atoms with Crippen molar-refractivity contribution in [2.75, 3.05) is 5.73 Å². The highest BCUT2D eigenvalue weighted by atomic mass is 19.1. The zero-order chi connectivity index (χ0) is 13.6. The predicted octanol–water partition coefficient (Wildman–Crippen LogP) is 3.36. The van der Waals surface area contributed by atoms with Crippen LogP contribution in [-0.2, 0) is 0 Å². The molecule has 2 aromatic carbocycles. The number of aryl methyl sites for hydroxylation is 2. The van der Waals surface area contributed by atoms with Crippen LogP contribution < -0.4 is 5.73 Å². The summed E-state index contributed by atoms with van der Waals surface area (Å²) in [7, 11) is 0. The number of aromatic nitrogens is 2. The lowest BCUT2D eigenvalue weighted by molar-refractivity contribution is 0.620. The number of imidazole rings is 1. The Morgan fingerprint density at radius 1 is 1.11 bits per heavy atom. The van der Waals surface area contributed by atoms with Crippen LogP contribution in [-0.4, -0.2) is 9.55 Å². The minimum Gasteiger partial charge on any atom is -0.369 e. The molecule has 2 N–H and O–H groups in total. The number of nitrogens with zero attached hydrogens (tertiary/aromatic N) is 2. The van der Waals surface area contributed by atoms with Crippen molar-refractivity contribution in [3.05, 3.63) is 53.3 Å². The van der Waals surface area contributed by atoms with Crippen molar-refractivity contribution in [1.29, 1.82) is 0 Å². The fourth-order valence-corrected chi connectivity index (χ4v) is 2.19.